The molecule has 1 N–H and O–H groups in total. The van der Waals surface area contributed by atoms with Gasteiger partial charge < -0.3 is 18.0 Å². The zero-order chi connectivity index (χ0) is 26.3. The van der Waals surface area contributed by atoms with E-state index in [-0.39, 0.29) is 29.9 Å². The molecular weight excluding hydrogens is 590 g/mol. The molecule has 5 rings (SSSR count). The Labute approximate surface area is 228 Å². The van der Waals surface area contributed by atoms with Crippen LogP contribution >= 0.6 is 32.2 Å². The lowest BCUT2D eigenvalue weighted by Crippen LogP contribution is -2.66. The van der Waals surface area contributed by atoms with E-state index >= 15 is 0 Å². The Balaban J connectivity index is 1.41. The minimum atomic E-state index is -0.489. The molecule has 1 saturated carbocycles. The van der Waals surface area contributed by atoms with Gasteiger partial charge in [-0.15, -0.1) is 9.24 Å². The molecule has 0 spiro atoms. The average molecular weight is 622 g/mol. The van der Waals surface area contributed by atoms with E-state index in [0.29, 0.717) is 30.7 Å². The summed E-state index contributed by atoms with van der Waals surface area (Å²) in [4.78, 5) is 36.3. The SMILES string of the molecule is Cc1ccc(OCC(=O)NC23CC(=C(N(C)C(=O)c4cnc(C(C)(C)C)cn4)CC2OI)C3)cc1P. The van der Waals surface area contributed by atoms with Gasteiger partial charge in [0.1, 0.15) is 34.4 Å². The van der Waals surface area contributed by atoms with E-state index in [1.165, 1.54) is 0 Å². The molecule has 1 heterocycles. The second kappa shape index (κ2) is 10.3. The Morgan fingerprint density at radius 2 is 1.97 bits per heavy atom. The molecule has 2 amide bonds. The summed E-state index contributed by atoms with van der Waals surface area (Å²) >= 11 is 1.88. The molecule has 2 bridgehead atoms. The molecule has 2 unspecified atom stereocenters. The number of aromatic nitrogens is 2. The minimum Gasteiger partial charge on any atom is -0.484 e. The second-order valence-corrected chi connectivity index (χ2v) is 11.7. The van der Waals surface area contributed by atoms with Crippen molar-refractivity contribution in [2.24, 2.45) is 0 Å². The fourth-order valence-electron chi connectivity index (χ4n) is 4.61. The maximum Gasteiger partial charge on any atom is 0.277 e. The number of hydrogen-bond donors (Lipinski definition) is 1. The van der Waals surface area contributed by atoms with Crippen LogP contribution in [0.1, 0.15) is 61.8 Å². The highest BCUT2D eigenvalue weighted by Gasteiger charge is 2.54. The van der Waals surface area contributed by atoms with Crippen LogP contribution in [0.3, 0.4) is 0 Å². The van der Waals surface area contributed by atoms with Crippen molar-refractivity contribution >= 4 is 49.4 Å². The van der Waals surface area contributed by atoms with E-state index in [2.05, 4.69) is 45.3 Å². The van der Waals surface area contributed by atoms with Gasteiger partial charge in [-0.25, -0.2) is 4.98 Å². The summed E-state index contributed by atoms with van der Waals surface area (Å²) in [6, 6.07) is 5.71. The molecule has 10 heteroatoms. The molecule has 2 aromatic rings. The van der Waals surface area contributed by atoms with Gasteiger partial charge in [0.15, 0.2) is 6.61 Å². The number of ether oxygens (including phenoxy) is 1. The van der Waals surface area contributed by atoms with Gasteiger partial charge in [0.05, 0.1) is 23.5 Å². The molecule has 0 aliphatic heterocycles. The second-order valence-electron chi connectivity index (χ2n) is 10.6. The molecule has 1 aromatic carbocycles. The summed E-state index contributed by atoms with van der Waals surface area (Å²) in [5.41, 5.74) is 3.71. The number of carbonyl (C=O) groups excluding carboxylic acids is 2. The number of hydrogen-bond acceptors (Lipinski definition) is 6. The fraction of sp³-hybridized carbons (Fsp3) is 0.462. The normalized spacial score (nSPS) is 21.0. The fourth-order valence-corrected chi connectivity index (χ4v) is 5.53. The van der Waals surface area contributed by atoms with Crippen molar-refractivity contribution in [2.45, 2.75) is 64.0 Å². The van der Waals surface area contributed by atoms with Crippen LogP contribution in [0.5, 0.6) is 5.75 Å². The zero-order valence-electron chi connectivity index (χ0n) is 21.2. The van der Waals surface area contributed by atoms with Crippen LogP contribution < -0.4 is 15.4 Å². The van der Waals surface area contributed by atoms with Crippen molar-refractivity contribution in [3.63, 3.8) is 0 Å². The molecular formula is C26H32IN4O4P. The highest BCUT2D eigenvalue weighted by molar-refractivity contribution is 14.1. The number of rotatable bonds is 7. The van der Waals surface area contributed by atoms with E-state index in [1.54, 1.807) is 24.3 Å². The van der Waals surface area contributed by atoms with Crippen LogP contribution in [0, 0.1) is 6.92 Å². The molecule has 192 valence electrons. The molecule has 3 aliphatic carbocycles. The molecule has 36 heavy (non-hydrogen) atoms. The van der Waals surface area contributed by atoms with E-state index in [4.69, 9.17) is 7.80 Å². The monoisotopic (exact) mass is 622 g/mol. The van der Waals surface area contributed by atoms with Crippen molar-refractivity contribution in [3.05, 3.63) is 58.8 Å². The number of benzene rings is 1. The lowest BCUT2D eigenvalue weighted by atomic mass is 9.62. The van der Waals surface area contributed by atoms with Crippen LogP contribution in [0.4, 0.5) is 0 Å². The van der Waals surface area contributed by atoms with Crippen LogP contribution in [0.15, 0.2) is 41.9 Å². The van der Waals surface area contributed by atoms with Crippen molar-refractivity contribution in [1.82, 2.24) is 20.2 Å². The summed E-state index contributed by atoms with van der Waals surface area (Å²) in [6.45, 7) is 8.11. The number of aryl methyl sites for hydroxylation is 1. The van der Waals surface area contributed by atoms with Gasteiger partial charge in [0.25, 0.3) is 11.8 Å². The Hall–Kier alpha value is -2.10. The number of nitrogens with one attached hydrogen (secondary N) is 1. The largest absolute Gasteiger partial charge is 0.484 e. The molecule has 3 aliphatic rings. The first-order valence-electron chi connectivity index (χ1n) is 11.8. The Morgan fingerprint density at radius 3 is 2.56 bits per heavy atom. The lowest BCUT2D eigenvalue weighted by molar-refractivity contribution is -0.127. The van der Waals surface area contributed by atoms with Gasteiger partial charge in [-0.1, -0.05) is 26.8 Å². The molecule has 2 atom stereocenters. The predicted octanol–water partition coefficient (Wildman–Crippen LogP) is 3.78. The highest BCUT2D eigenvalue weighted by Crippen LogP contribution is 2.51. The third-order valence-corrected chi connectivity index (χ3v) is 8.16. The molecule has 1 aromatic heterocycles. The zero-order valence-corrected chi connectivity index (χ0v) is 24.5. The number of carbonyl (C=O) groups is 2. The van der Waals surface area contributed by atoms with E-state index in [0.717, 1.165) is 27.8 Å². The quantitative estimate of drug-likeness (QED) is 0.374. The van der Waals surface area contributed by atoms with E-state index < -0.39 is 5.54 Å². The summed E-state index contributed by atoms with van der Waals surface area (Å²) in [7, 11) is 4.42. The van der Waals surface area contributed by atoms with Gasteiger partial charge in [0, 0.05) is 30.8 Å². The summed E-state index contributed by atoms with van der Waals surface area (Å²) < 4.78 is 11.5. The lowest BCUT2D eigenvalue weighted by Gasteiger charge is -2.54. The summed E-state index contributed by atoms with van der Waals surface area (Å²) in [5, 5.41) is 4.18. The van der Waals surface area contributed by atoms with Crippen LogP contribution in [-0.2, 0) is 13.3 Å². The summed E-state index contributed by atoms with van der Waals surface area (Å²) in [6.07, 6.45) is 4.72. The molecule has 1 fully saturated rings. The van der Waals surface area contributed by atoms with Crippen molar-refractivity contribution in [1.29, 1.82) is 0 Å². The van der Waals surface area contributed by atoms with Gasteiger partial charge >= 0.3 is 0 Å². The maximum absolute atomic E-state index is 13.1. The highest BCUT2D eigenvalue weighted by atomic mass is 127. The first-order chi connectivity index (χ1) is 16.9. The van der Waals surface area contributed by atoms with Crippen molar-refractivity contribution in [2.75, 3.05) is 13.7 Å². The summed E-state index contributed by atoms with van der Waals surface area (Å²) in [5.74, 6) is 0.250. The number of amides is 2. The minimum absolute atomic E-state index is 0.0730. The Bertz CT molecular complexity index is 1200. The van der Waals surface area contributed by atoms with Crippen molar-refractivity contribution in [3.8, 4) is 5.75 Å². The standard InChI is InChI=1S/C26H32IN4O4P/c1-15-6-7-17(8-20(15)36)34-14-23(32)30-26-10-16(11-26)19(9-22(26)35-27)31(5)24(33)18-12-29-21(13-28-18)25(2,3)4/h6-8,12-13,22H,9-11,14,36H2,1-5H3,(H,30,32). The molecule has 0 radical (unpaired) electrons. The van der Waals surface area contributed by atoms with Crippen molar-refractivity contribution < 1.29 is 17.4 Å². The molecule has 0 saturated heterocycles. The van der Waals surface area contributed by atoms with Gasteiger partial charge in [-0.3, -0.25) is 14.6 Å². The van der Waals surface area contributed by atoms with E-state index in [9.17, 15) is 9.59 Å². The van der Waals surface area contributed by atoms with Gasteiger partial charge in [-0.2, -0.15) is 0 Å². The average Bonchev–Trinajstić information content (AvgIpc) is 2.82. The van der Waals surface area contributed by atoms with Crippen LogP contribution in [-0.4, -0.2) is 52.0 Å². The topological polar surface area (TPSA) is 93.7 Å². The van der Waals surface area contributed by atoms with Gasteiger partial charge in [0.2, 0.25) is 0 Å². The third kappa shape index (κ3) is 5.43. The first-order valence-corrected chi connectivity index (χ1v) is 13.3. The molecule has 8 nitrogen and oxygen atoms in total. The maximum atomic E-state index is 13.1. The first kappa shape index (κ1) is 26.9. The van der Waals surface area contributed by atoms with Gasteiger partial charge in [-0.05, 0) is 48.3 Å². The number of nitrogens with zero attached hydrogens (tertiary/aromatic N) is 3. The van der Waals surface area contributed by atoms with Crippen LogP contribution in [0.2, 0.25) is 0 Å². The number of fused-ring (bicyclic) bond motifs is 2. The third-order valence-electron chi connectivity index (χ3n) is 6.93. The Morgan fingerprint density at radius 1 is 1.25 bits per heavy atom. The predicted molar refractivity (Wildman–Crippen MR) is 149 cm³/mol. The Kier molecular flexibility index (Phi) is 7.74. The van der Waals surface area contributed by atoms with E-state index in [1.807, 2.05) is 48.1 Å². The number of halogens is 1. The van der Waals surface area contributed by atoms with Crippen LogP contribution in [0.25, 0.3) is 0 Å². The smallest absolute Gasteiger partial charge is 0.277 e.